The number of hydrogen-bond donors (Lipinski definition) is 1. The fraction of sp³-hybridized carbons (Fsp3) is 0.308. The molecule has 94 valence electrons. The standard InChI is InChI=1S/C13H14N2O3/c1-3-18-12(16)7-11-14-10-5-4-8(2)6-9(10)13(17)15-11/h4-6H,3,7H2,1-2H3,(H,14,15,17). The molecule has 1 aromatic carbocycles. The summed E-state index contributed by atoms with van der Waals surface area (Å²) in [6.45, 7) is 3.96. The molecule has 0 bridgehead atoms. The Morgan fingerprint density at radius 1 is 1.44 bits per heavy atom. The number of aromatic amines is 1. The molecule has 0 atom stereocenters. The number of carbonyl (C=O) groups is 1. The summed E-state index contributed by atoms with van der Waals surface area (Å²) >= 11 is 0. The number of nitrogens with zero attached hydrogens (tertiary/aromatic N) is 1. The lowest BCUT2D eigenvalue weighted by Gasteiger charge is -2.03. The fourth-order valence-corrected chi connectivity index (χ4v) is 1.73. The van der Waals surface area contributed by atoms with E-state index in [4.69, 9.17) is 4.74 Å². The zero-order valence-electron chi connectivity index (χ0n) is 10.3. The van der Waals surface area contributed by atoms with Crippen LogP contribution in [-0.4, -0.2) is 22.5 Å². The third-order valence-electron chi connectivity index (χ3n) is 2.53. The van der Waals surface area contributed by atoms with Gasteiger partial charge in [-0.25, -0.2) is 4.98 Å². The van der Waals surface area contributed by atoms with Crippen molar-refractivity contribution in [1.82, 2.24) is 9.97 Å². The average Bonchev–Trinajstić information content (AvgIpc) is 2.30. The first-order valence-corrected chi connectivity index (χ1v) is 5.75. The topological polar surface area (TPSA) is 72.0 Å². The van der Waals surface area contributed by atoms with Crippen LogP contribution >= 0.6 is 0 Å². The van der Waals surface area contributed by atoms with Crippen molar-refractivity contribution in [2.45, 2.75) is 20.3 Å². The van der Waals surface area contributed by atoms with E-state index in [0.29, 0.717) is 23.3 Å². The first-order chi connectivity index (χ1) is 8.60. The molecular formula is C13H14N2O3. The number of nitrogens with one attached hydrogen (secondary N) is 1. The lowest BCUT2D eigenvalue weighted by molar-refractivity contribution is -0.142. The van der Waals surface area contributed by atoms with Crippen molar-refractivity contribution in [3.8, 4) is 0 Å². The minimum Gasteiger partial charge on any atom is -0.466 e. The van der Waals surface area contributed by atoms with E-state index in [0.717, 1.165) is 5.56 Å². The van der Waals surface area contributed by atoms with Crippen LogP contribution < -0.4 is 5.56 Å². The normalized spacial score (nSPS) is 10.6. The Hall–Kier alpha value is -2.17. The second-order valence-electron chi connectivity index (χ2n) is 4.02. The highest BCUT2D eigenvalue weighted by molar-refractivity contribution is 5.79. The minimum atomic E-state index is -0.396. The van der Waals surface area contributed by atoms with Gasteiger partial charge in [-0.2, -0.15) is 0 Å². The molecule has 0 radical (unpaired) electrons. The molecule has 1 N–H and O–H groups in total. The van der Waals surface area contributed by atoms with Crippen LogP contribution in [0, 0.1) is 6.92 Å². The number of hydrogen-bond acceptors (Lipinski definition) is 4. The van der Waals surface area contributed by atoms with Gasteiger partial charge in [0.25, 0.3) is 5.56 Å². The Morgan fingerprint density at radius 3 is 2.94 bits per heavy atom. The first-order valence-electron chi connectivity index (χ1n) is 5.75. The van der Waals surface area contributed by atoms with Gasteiger partial charge in [0, 0.05) is 0 Å². The van der Waals surface area contributed by atoms with Crippen LogP contribution in [0.2, 0.25) is 0 Å². The van der Waals surface area contributed by atoms with Gasteiger partial charge in [0.2, 0.25) is 0 Å². The SMILES string of the molecule is CCOC(=O)Cc1nc2ccc(C)cc2c(=O)[nH]1. The molecular weight excluding hydrogens is 232 g/mol. The van der Waals surface area contributed by atoms with Crippen LogP contribution in [0.3, 0.4) is 0 Å². The molecule has 0 saturated carbocycles. The van der Waals surface area contributed by atoms with E-state index in [1.807, 2.05) is 13.0 Å². The van der Waals surface area contributed by atoms with E-state index in [1.165, 1.54) is 0 Å². The number of H-pyrrole nitrogens is 1. The Morgan fingerprint density at radius 2 is 2.22 bits per heavy atom. The van der Waals surface area contributed by atoms with Crippen LogP contribution in [0.4, 0.5) is 0 Å². The summed E-state index contributed by atoms with van der Waals surface area (Å²) in [6.07, 6.45) is -0.0209. The summed E-state index contributed by atoms with van der Waals surface area (Å²) < 4.78 is 4.82. The molecule has 5 heteroatoms. The lowest BCUT2D eigenvalue weighted by Crippen LogP contribution is -2.16. The predicted molar refractivity (Wildman–Crippen MR) is 67.4 cm³/mol. The van der Waals surface area contributed by atoms with Gasteiger partial charge in [-0.1, -0.05) is 11.6 Å². The molecule has 0 saturated heterocycles. The van der Waals surface area contributed by atoms with E-state index in [9.17, 15) is 9.59 Å². The van der Waals surface area contributed by atoms with Gasteiger partial charge in [0.15, 0.2) is 0 Å². The first kappa shape index (κ1) is 12.3. The summed E-state index contributed by atoms with van der Waals surface area (Å²) in [4.78, 5) is 30.0. The Kier molecular flexibility index (Phi) is 3.41. The third-order valence-corrected chi connectivity index (χ3v) is 2.53. The lowest BCUT2D eigenvalue weighted by atomic mass is 10.1. The largest absolute Gasteiger partial charge is 0.466 e. The zero-order chi connectivity index (χ0) is 13.1. The number of rotatable bonds is 3. The van der Waals surface area contributed by atoms with Crippen LogP contribution in [0.15, 0.2) is 23.0 Å². The van der Waals surface area contributed by atoms with Crippen LogP contribution in [0.25, 0.3) is 10.9 Å². The molecule has 0 aliphatic carbocycles. The highest BCUT2D eigenvalue weighted by Gasteiger charge is 2.09. The van der Waals surface area contributed by atoms with Gasteiger partial charge in [-0.3, -0.25) is 9.59 Å². The second kappa shape index (κ2) is 5.00. The van der Waals surface area contributed by atoms with Crippen molar-refractivity contribution in [3.63, 3.8) is 0 Å². The molecule has 0 fully saturated rings. The van der Waals surface area contributed by atoms with Gasteiger partial charge >= 0.3 is 5.97 Å². The van der Waals surface area contributed by atoms with Crippen molar-refractivity contribution in [3.05, 3.63) is 39.9 Å². The smallest absolute Gasteiger partial charge is 0.313 e. The molecule has 18 heavy (non-hydrogen) atoms. The van der Waals surface area contributed by atoms with Crippen LogP contribution in [-0.2, 0) is 16.0 Å². The highest BCUT2D eigenvalue weighted by atomic mass is 16.5. The number of aryl methyl sites for hydroxylation is 1. The van der Waals surface area contributed by atoms with Gasteiger partial charge in [0.1, 0.15) is 12.2 Å². The van der Waals surface area contributed by atoms with Gasteiger partial charge in [0.05, 0.1) is 17.5 Å². The molecule has 5 nitrogen and oxygen atoms in total. The zero-order valence-corrected chi connectivity index (χ0v) is 10.3. The number of ether oxygens (including phenoxy) is 1. The van der Waals surface area contributed by atoms with Crippen LogP contribution in [0.5, 0.6) is 0 Å². The van der Waals surface area contributed by atoms with Crippen LogP contribution in [0.1, 0.15) is 18.3 Å². The Balaban J connectivity index is 2.40. The number of aromatic nitrogens is 2. The van der Waals surface area contributed by atoms with Gasteiger partial charge in [-0.05, 0) is 26.0 Å². The highest BCUT2D eigenvalue weighted by Crippen LogP contribution is 2.09. The van der Waals surface area contributed by atoms with E-state index in [2.05, 4.69) is 9.97 Å². The monoisotopic (exact) mass is 246 g/mol. The number of carbonyl (C=O) groups excluding carboxylic acids is 1. The van der Waals surface area contributed by atoms with Crippen molar-refractivity contribution in [1.29, 1.82) is 0 Å². The van der Waals surface area contributed by atoms with E-state index < -0.39 is 5.97 Å². The molecule has 1 aromatic heterocycles. The summed E-state index contributed by atoms with van der Waals surface area (Å²) in [7, 11) is 0. The maximum absolute atomic E-state index is 11.8. The predicted octanol–water partition coefficient (Wildman–Crippen LogP) is 1.34. The number of benzene rings is 1. The number of fused-ring (bicyclic) bond motifs is 1. The van der Waals surface area contributed by atoms with E-state index in [1.54, 1.807) is 19.1 Å². The summed E-state index contributed by atoms with van der Waals surface area (Å²) in [5, 5.41) is 0.530. The van der Waals surface area contributed by atoms with Crippen molar-refractivity contribution >= 4 is 16.9 Å². The van der Waals surface area contributed by atoms with Crippen molar-refractivity contribution in [2.75, 3.05) is 6.61 Å². The maximum Gasteiger partial charge on any atom is 0.313 e. The summed E-state index contributed by atoms with van der Waals surface area (Å²) in [6, 6.07) is 5.42. The molecule has 0 amide bonds. The molecule has 0 aliphatic rings. The molecule has 0 unspecified atom stereocenters. The molecule has 2 rings (SSSR count). The second-order valence-corrected chi connectivity index (χ2v) is 4.02. The molecule has 2 aromatic rings. The molecule has 0 spiro atoms. The molecule has 0 aliphatic heterocycles. The quantitative estimate of drug-likeness (QED) is 0.829. The summed E-state index contributed by atoms with van der Waals surface area (Å²) in [5.74, 6) is -0.0677. The Labute approximate surface area is 104 Å². The maximum atomic E-state index is 11.8. The van der Waals surface area contributed by atoms with Gasteiger partial charge < -0.3 is 9.72 Å². The molecule has 1 heterocycles. The average molecular weight is 246 g/mol. The van der Waals surface area contributed by atoms with Gasteiger partial charge in [-0.15, -0.1) is 0 Å². The summed E-state index contributed by atoms with van der Waals surface area (Å²) in [5.41, 5.74) is 1.35. The fourth-order valence-electron chi connectivity index (χ4n) is 1.73. The van der Waals surface area contributed by atoms with Crippen molar-refractivity contribution < 1.29 is 9.53 Å². The van der Waals surface area contributed by atoms with Crippen molar-refractivity contribution in [2.24, 2.45) is 0 Å². The number of esters is 1. The van der Waals surface area contributed by atoms with E-state index >= 15 is 0 Å². The van der Waals surface area contributed by atoms with E-state index in [-0.39, 0.29) is 12.0 Å². The minimum absolute atomic E-state index is 0.0209. The third kappa shape index (κ3) is 2.56. The Bertz CT molecular complexity index is 646.